The van der Waals surface area contributed by atoms with E-state index < -0.39 is 0 Å². The van der Waals surface area contributed by atoms with Gasteiger partial charge in [0.15, 0.2) is 0 Å². The van der Waals surface area contributed by atoms with E-state index in [-0.39, 0.29) is 5.91 Å². The predicted molar refractivity (Wildman–Crippen MR) is 147 cm³/mol. The van der Waals surface area contributed by atoms with Crippen LogP contribution in [0.15, 0.2) is 85.5 Å². The average molecular weight is 482 g/mol. The zero-order valence-electron chi connectivity index (χ0n) is 21.1. The highest BCUT2D eigenvalue weighted by Gasteiger charge is 2.11. The number of aryl methyl sites for hydroxylation is 3. The number of nitrogens with one attached hydrogen (secondary N) is 1. The molecule has 0 aliphatic rings. The van der Waals surface area contributed by atoms with E-state index in [1.165, 1.54) is 5.56 Å². The zero-order chi connectivity index (χ0) is 25.2. The van der Waals surface area contributed by atoms with E-state index in [0.717, 1.165) is 66.8 Å². The van der Waals surface area contributed by atoms with Gasteiger partial charge in [-0.05, 0) is 68.5 Å². The number of benzene rings is 3. The molecule has 0 aliphatic heterocycles. The van der Waals surface area contributed by atoms with Crippen LogP contribution in [-0.4, -0.2) is 28.6 Å². The van der Waals surface area contributed by atoms with Crippen molar-refractivity contribution >= 4 is 16.9 Å². The summed E-state index contributed by atoms with van der Waals surface area (Å²) in [4.78, 5) is 17.3. The number of rotatable bonds is 13. The maximum Gasteiger partial charge on any atom is 0.251 e. The molecule has 0 bridgehead atoms. The van der Waals surface area contributed by atoms with Crippen molar-refractivity contribution in [2.24, 2.45) is 0 Å². The van der Waals surface area contributed by atoms with Gasteiger partial charge in [0, 0.05) is 25.1 Å². The van der Waals surface area contributed by atoms with Gasteiger partial charge in [-0.15, -0.1) is 6.58 Å². The third kappa shape index (κ3) is 6.63. The van der Waals surface area contributed by atoms with E-state index >= 15 is 0 Å². The highest BCUT2D eigenvalue weighted by Crippen LogP contribution is 2.20. The molecule has 4 rings (SSSR count). The lowest BCUT2D eigenvalue weighted by Gasteiger charge is -2.12. The molecule has 1 heterocycles. The quantitative estimate of drug-likeness (QED) is 0.180. The maximum atomic E-state index is 12.4. The average Bonchev–Trinajstić information content (AvgIpc) is 3.25. The van der Waals surface area contributed by atoms with Gasteiger partial charge in [0.1, 0.15) is 11.6 Å². The van der Waals surface area contributed by atoms with Crippen LogP contribution in [0, 0.1) is 6.92 Å². The lowest BCUT2D eigenvalue weighted by molar-refractivity contribution is 0.0953. The predicted octanol–water partition coefficient (Wildman–Crippen LogP) is 6.30. The van der Waals surface area contributed by atoms with E-state index in [1.807, 2.05) is 61.5 Å². The van der Waals surface area contributed by atoms with Gasteiger partial charge in [0.05, 0.1) is 17.6 Å². The smallest absolute Gasteiger partial charge is 0.251 e. The SMILES string of the molecule is C=CCc1ccccc1OCCCCn1c(CCCNC(=O)c2ccc(C)cc2)nc2ccccc21. The van der Waals surface area contributed by atoms with E-state index in [1.54, 1.807) is 0 Å². The molecule has 3 aromatic carbocycles. The van der Waals surface area contributed by atoms with Gasteiger partial charge < -0.3 is 14.6 Å². The molecule has 186 valence electrons. The van der Waals surface area contributed by atoms with Crippen LogP contribution in [0.1, 0.15) is 46.6 Å². The van der Waals surface area contributed by atoms with Gasteiger partial charge in [-0.25, -0.2) is 4.98 Å². The number of carbonyl (C=O) groups excluding carboxylic acids is 1. The first-order chi connectivity index (χ1) is 17.7. The minimum Gasteiger partial charge on any atom is -0.493 e. The molecule has 1 N–H and O–H groups in total. The molecule has 5 heteroatoms. The van der Waals surface area contributed by atoms with Crippen LogP contribution in [0.4, 0.5) is 0 Å². The van der Waals surface area contributed by atoms with Gasteiger partial charge in [-0.3, -0.25) is 4.79 Å². The Morgan fingerprint density at radius 2 is 1.78 bits per heavy atom. The number of hydrogen-bond acceptors (Lipinski definition) is 3. The molecule has 1 amide bonds. The Kier molecular flexibility index (Phi) is 8.92. The van der Waals surface area contributed by atoms with Gasteiger partial charge in [-0.2, -0.15) is 0 Å². The second-order valence-electron chi connectivity index (χ2n) is 9.05. The van der Waals surface area contributed by atoms with E-state index in [9.17, 15) is 4.79 Å². The molecule has 0 radical (unpaired) electrons. The molecule has 36 heavy (non-hydrogen) atoms. The number of amides is 1. The number of para-hydroxylation sites is 3. The van der Waals surface area contributed by atoms with Crippen molar-refractivity contribution in [1.29, 1.82) is 0 Å². The second kappa shape index (κ2) is 12.7. The number of carbonyl (C=O) groups is 1. The number of imidazole rings is 1. The highest BCUT2D eigenvalue weighted by atomic mass is 16.5. The first-order valence-electron chi connectivity index (χ1n) is 12.8. The Bertz CT molecular complexity index is 1290. The van der Waals surface area contributed by atoms with Gasteiger partial charge in [0.25, 0.3) is 5.91 Å². The van der Waals surface area contributed by atoms with Gasteiger partial charge in [0.2, 0.25) is 0 Å². The Morgan fingerprint density at radius 3 is 2.61 bits per heavy atom. The fourth-order valence-corrected chi connectivity index (χ4v) is 4.34. The van der Waals surface area contributed by atoms with E-state index in [4.69, 9.17) is 9.72 Å². The molecule has 1 aromatic heterocycles. The Hall–Kier alpha value is -3.86. The van der Waals surface area contributed by atoms with E-state index in [0.29, 0.717) is 18.7 Å². The summed E-state index contributed by atoms with van der Waals surface area (Å²) in [5, 5.41) is 3.03. The minimum absolute atomic E-state index is 0.0295. The third-order valence-corrected chi connectivity index (χ3v) is 6.28. The van der Waals surface area contributed by atoms with Gasteiger partial charge >= 0.3 is 0 Å². The molecule has 0 aliphatic carbocycles. The monoisotopic (exact) mass is 481 g/mol. The first-order valence-corrected chi connectivity index (χ1v) is 12.8. The lowest BCUT2D eigenvalue weighted by atomic mass is 10.1. The Balaban J connectivity index is 1.29. The summed E-state index contributed by atoms with van der Waals surface area (Å²) in [6.45, 7) is 8.05. The molecule has 5 nitrogen and oxygen atoms in total. The van der Waals surface area contributed by atoms with Crippen LogP contribution in [0.3, 0.4) is 0 Å². The summed E-state index contributed by atoms with van der Waals surface area (Å²) in [5.41, 5.74) is 5.20. The number of ether oxygens (including phenoxy) is 1. The summed E-state index contributed by atoms with van der Waals surface area (Å²) in [7, 11) is 0. The molecule has 0 spiro atoms. The van der Waals surface area contributed by atoms with Crippen LogP contribution in [0.5, 0.6) is 5.75 Å². The maximum absolute atomic E-state index is 12.4. The summed E-state index contributed by atoms with van der Waals surface area (Å²) >= 11 is 0. The van der Waals surface area contributed by atoms with Crippen LogP contribution < -0.4 is 10.1 Å². The molecule has 0 fully saturated rings. The molecule has 0 unspecified atom stereocenters. The van der Waals surface area contributed by atoms with Crippen molar-refractivity contribution in [2.75, 3.05) is 13.2 Å². The van der Waals surface area contributed by atoms with Crippen molar-refractivity contribution in [3.8, 4) is 5.75 Å². The van der Waals surface area contributed by atoms with Crippen molar-refractivity contribution < 1.29 is 9.53 Å². The number of aromatic nitrogens is 2. The number of allylic oxidation sites excluding steroid dienone is 1. The number of nitrogens with zero attached hydrogens (tertiary/aromatic N) is 2. The fourth-order valence-electron chi connectivity index (χ4n) is 4.34. The highest BCUT2D eigenvalue weighted by molar-refractivity contribution is 5.94. The lowest BCUT2D eigenvalue weighted by Crippen LogP contribution is -2.25. The van der Waals surface area contributed by atoms with Gasteiger partial charge in [-0.1, -0.05) is 54.1 Å². The summed E-state index contributed by atoms with van der Waals surface area (Å²) in [6.07, 6.45) is 6.33. The molecule has 0 saturated heterocycles. The Morgan fingerprint density at radius 1 is 1.00 bits per heavy atom. The normalized spacial score (nSPS) is 10.9. The molecule has 4 aromatic rings. The van der Waals surface area contributed by atoms with Crippen molar-refractivity contribution in [3.05, 3.63) is 108 Å². The summed E-state index contributed by atoms with van der Waals surface area (Å²) in [5.74, 6) is 1.98. The standard InChI is InChI=1S/C31H35N3O2/c1-3-11-25-12-4-7-15-29(25)36-23-9-8-22-34-28-14-6-5-13-27(28)33-30(34)16-10-21-32-31(35)26-19-17-24(2)18-20-26/h3-7,12-15,17-20H,1,8-11,16,21-23H2,2H3,(H,32,35). The molecule has 0 atom stereocenters. The van der Waals surface area contributed by atoms with Crippen molar-refractivity contribution in [2.45, 2.75) is 45.6 Å². The largest absolute Gasteiger partial charge is 0.493 e. The Labute approximate surface area is 213 Å². The first kappa shape index (κ1) is 25.2. The van der Waals surface area contributed by atoms with Crippen molar-refractivity contribution in [3.63, 3.8) is 0 Å². The van der Waals surface area contributed by atoms with Crippen LogP contribution in [0.25, 0.3) is 11.0 Å². The number of hydrogen-bond donors (Lipinski definition) is 1. The fraction of sp³-hybridized carbons (Fsp3) is 0.290. The summed E-state index contributed by atoms with van der Waals surface area (Å²) < 4.78 is 8.38. The number of fused-ring (bicyclic) bond motifs is 1. The molecular formula is C31H35N3O2. The van der Waals surface area contributed by atoms with Crippen LogP contribution in [-0.2, 0) is 19.4 Å². The number of unbranched alkanes of at least 4 members (excludes halogenated alkanes) is 1. The summed E-state index contributed by atoms with van der Waals surface area (Å²) in [6, 6.07) is 24.1. The second-order valence-corrected chi connectivity index (χ2v) is 9.05. The van der Waals surface area contributed by atoms with E-state index in [2.05, 4.69) is 40.7 Å². The molecular weight excluding hydrogens is 446 g/mol. The topological polar surface area (TPSA) is 56.1 Å². The minimum atomic E-state index is -0.0295. The third-order valence-electron chi connectivity index (χ3n) is 6.28. The zero-order valence-corrected chi connectivity index (χ0v) is 21.1. The van der Waals surface area contributed by atoms with Crippen LogP contribution in [0.2, 0.25) is 0 Å². The van der Waals surface area contributed by atoms with Crippen molar-refractivity contribution in [1.82, 2.24) is 14.9 Å². The molecule has 0 saturated carbocycles. The van der Waals surface area contributed by atoms with Crippen LogP contribution >= 0.6 is 0 Å².